The summed E-state index contributed by atoms with van der Waals surface area (Å²) < 4.78 is 31.7. The van der Waals surface area contributed by atoms with Crippen LogP contribution in [-0.4, -0.2) is 39.8 Å². The zero-order valence-corrected chi connectivity index (χ0v) is 19.3. The summed E-state index contributed by atoms with van der Waals surface area (Å²) >= 11 is 0. The van der Waals surface area contributed by atoms with Crippen LogP contribution < -0.4 is 14.4 Å². The first-order chi connectivity index (χ1) is 14.1. The first kappa shape index (κ1) is 23.7. The van der Waals surface area contributed by atoms with Crippen LogP contribution in [0.25, 0.3) is 0 Å². The van der Waals surface area contributed by atoms with Gasteiger partial charge in [0, 0.05) is 0 Å². The Kier molecular flexibility index (Phi) is 8.29. The van der Waals surface area contributed by atoms with Gasteiger partial charge < -0.3 is 10.1 Å². The summed E-state index contributed by atoms with van der Waals surface area (Å²) in [5.41, 5.74) is 3.62. The Hall–Kier alpha value is -2.54. The molecule has 0 heterocycles. The second kappa shape index (κ2) is 10.5. The summed E-state index contributed by atoms with van der Waals surface area (Å²) in [4.78, 5) is 12.6. The van der Waals surface area contributed by atoms with Gasteiger partial charge in [0.25, 0.3) is 0 Å². The van der Waals surface area contributed by atoms with E-state index in [9.17, 15) is 13.2 Å². The summed E-state index contributed by atoms with van der Waals surface area (Å²) in [5.74, 6) is 0.367. The zero-order chi connectivity index (χ0) is 22.3. The predicted molar refractivity (Wildman–Crippen MR) is 122 cm³/mol. The lowest BCUT2D eigenvalue weighted by Gasteiger charge is -2.28. The number of carbonyl (C=O) groups is 1. The quantitative estimate of drug-likeness (QED) is 0.582. The van der Waals surface area contributed by atoms with Crippen molar-refractivity contribution in [3.05, 3.63) is 59.2 Å². The largest absolute Gasteiger partial charge is 0.492 e. The number of nitrogens with one attached hydrogen (secondary N) is 1. The van der Waals surface area contributed by atoms with Crippen LogP contribution in [0.5, 0.6) is 5.75 Å². The monoisotopic (exact) mass is 432 g/mol. The minimum absolute atomic E-state index is 0.282. The molecule has 1 amide bonds. The molecule has 2 aromatic carbocycles. The van der Waals surface area contributed by atoms with E-state index in [2.05, 4.69) is 12.2 Å². The van der Waals surface area contributed by atoms with E-state index in [1.54, 1.807) is 19.1 Å². The maximum atomic E-state index is 12.6. The number of ether oxygens (including phenoxy) is 1. The number of nitrogens with zero attached hydrogens (tertiary/aromatic N) is 1. The first-order valence-electron chi connectivity index (χ1n) is 10.2. The molecule has 0 saturated carbocycles. The standard InChI is InChI=1S/C23H32N2O4S/c1-6-7-20-8-10-22(11-9-20)29-13-12-24-23(26)19(4)25(30(5,27)28)21-15-17(2)14-18(3)16-21/h8-11,14-16,19H,6-7,12-13H2,1-5H3,(H,24,26)/t19-/m1/s1. The average Bonchev–Trinajstić information content (AvgIpc) is 2.64. The molecule has 0 spiro atoms. The number of carbonyl (C=O) groups excluding carboxylic acids is 1. The van der Waals surface area contributed by atoms with Gasteiger partial charge in [0.1, 0.15) is 18.4 Å². The molecule has 6 nitrogen and oxygen atoms in total. The van der Waals surface area contributed by atoms with Gasteiger partial charge in [-0.15, -0.1) is 0 Å². The number of aryl methyl sites for hydroxylation is 3. The highest BCUT2D eigenvalue weighted by Crippen LogP contribution is 2.24. The summed E-state index contributed by atoms with van der Waals surface area (Å²) in [7, 11) is -3.64. The van der Waals surface area contributed by atoms with Gasteiger partial charge in [0.2, 0.25) is 15.9 Å². The molecule has 0 bridgehead atoms. The van der Waals surface area contributed by atoms with E-state index in [1.165, 1.54) is 5.56 Å². The summed E-state index contributed by atoms with van der Waals surface area (Å²) in [6.07, 6.45) is 3.24. The highest BCUT2D eigenvalue weighted by molar-refractivity contribution is 7.92. The SMILES string of the molecule is CCCc1ccc(OCCNC(=O)[C@@H](C)N(c2cc(C)cc(C)c2)S(C)(=O)=O)cc1. The molecular formula is C23H32N2O4S. The third kappa shape index (κ3) is 6.76. The van der Waals surface area contributed by atoms with Crippen molar-refractivity contribution in [3.63, 3.8) is 0 Å². The predicted octanol–water partition coefficient (Wildman–Crippen LogP) is 3.61. The summed E-state index contributed by atoms with van der Waals surface area (Å²) in [5, 5.41) is 2.77. The fourth-order valence-electron chi connectivity index (χ4n) is 3.42. The van der Waals surface area contributed by atoms with E-state index in [1.807, 2.05) is 44.2 Å². The highest BCUT2D eigenvalue weighted by atomic mass is 32.2. The molecule has 0 aliphatic rings. The minimum atomic E-state index is -3.64. The number of benzene rings is 2. The van der Waals surface area contributed by atoms with Gasteiger partial charge in [-0.3, -0.25) is 9.10 Å². The van der Waals surface area contributed by atoms with Crippen molar-refractivity contribution in [2.45, 2.75) is 46.6 Å². The van der Waals surface area contributed by atoms with Crippen LogP contribution in [0.2, 0.25) is 0 Å². The Morgan fingerprint density at radius 3 is 2.23 bits per heavy atom. The average molecular weight is 433 g/mol. The molecule has 0 aliphatic carbocycles. The van der Waals surface area contributed by atoms with Crippen LogP contribution in [0.4, 0.5) is 5.69 Å². The van der Waals surface area contributed by atoms with Crippen molar-refractivity contribution < 1.29 is 17.9 Å². The minimum Gasteiger partial charge on any atom is -0.492 e. The maximum absolute atomic E-state index is 12.6. The Morgan fingerprint density at radius 1 is 1.10 bits per heavy atom. The van der Waals surface area contributed by atoms with Crippen molar-refractivity contribution in [1.29, 1.82) is 0 Å². The van der Waals surface area contributed by atoms with E-state index in [4.69, 9.17) is 4.74 Å². The number of rotatable bonds is 10. The van der Waals surface area contributed by atoms with Crippen LogP contribution in [0.1, 0.15) is 37.0 Å². The van der Waals surface area contributed by atoms with Gasteiger partial charge in [0.15, 0.2) is 0 Å². The van der Waals surface area contributed by atoms with Crippen LogP contribution in [0, 0.1) is 13.8 Å². The number of sulfonamides is 1. The van der Waals surface area contributed by atoms with Gasteiger partial charge in [-0.25, -0.2) is 8.42 Å². The number of anilines is 1. The molecule has 2 rings (SSSR count). The Balaban J connectivity index is 1.97. The van der Waals surface area contributed by atoms with Crippen molar-refractivity contribution in [2.75, 3.05) is 23.7 Å². The highest BCUT2D eigenvalue weighted by Gasteiger charge is 2.29. The van der Waals surface area contributed by atoms with Gasteiger partial charge in [0.05, 0.1) is 18.5 Å². The molecule has 1 N–H and O–H groups in total. The molecule has 0 aromatic heterocycles. The molecule has 0 aliphatic heterocycles. The third-order valence-electron chi connectivity index (χ3n) is 4.68. The lowest BCUT2D eigenvalue weighted by molar-refractivity contribution is -0.121. The number of amides is 1. The number of hydrogen-bond donors (Lipinski definition) is 1. The fourth-order valence-corrected chi connectivity index (χ4v) is 4.58. The van der Waals surface area contributed by atoms with Gasteiger partial charge >= 0.3 is 0 Å². The van der Waals surface area contributed by atoms with Crippen LogP contribution in [0.15, 0.2) is 42.5 Å². The molecule has 0 unspecified atom stereocenters. The lowest BCUT2D eigenvalue weighted by atomic mass is 10.1. The lowest BCUT2D eigenvalue weighted by Crippen LogP contribution is -2.48. The molecule has 0 saturated heterocycles. The van der Waals surface area contributed by atoms with Crippen molar-refractivity contribution in [2.24, 2.45) is 0 Å². The fraction of sp³-hybridized carbons (Fsp3) is 0.435. The summed E-state index contributed by atoms with van der Waals surface area (Å²) in [6.45, 7) is 8.10. The van der Waals surface area contributed by atoms with Crippen LogP contribution >= 0.6 is 0 Å². The molecule has 164 valence electrons. The second-order valence-corrected chi connectivity index (χ2v) is 9.47. The molecule has 7 heteroatoms. The van der Waals surface area contributed by atoms with Crippen molar-refractivity contribution in [1.82, 2.24) is 5.32 Å². The molecule has 2 aromatic rings. The Bertz CT molecular complexity index is 935. The van der Waals surface area contributed by atoms with E-state index < -0.39 is 16.1 Å². The van der Waals surface area contributed by atoms with Crippen LogP contribution in [-0.2, 0) is 21.2 Å². The topological polar surface area (TPSA) is 75.7 Å². The Labute approximate surface area is 180 Å². The second-order valence-electron chi connectivity index (χ2n) is 7.61. The van der Waals surface area contributed by atoms with Gasteiger partial charge in [-0.1, -0.05) is 31.5 Å². The van der Waals surface area contributed by atoms with E-state index in [-0.39, 0.29) is 12.5 Å². The molecule has 30 heavy (non-hydrogen) atoms. The maximum Gasteiger partial charge on any atom is 0.243 e. The normalized spacial score (nSPS) is 12.3. The number of hydrogen-bond acceptors (Lipinski definition) is 4. The smallest absolute Gasteiger partial charge is 0.243 e. The van der Waals surface area contributed by atoms with Gasteiger partial charge in [-0.05, 0) is 68.1 Å². The first-order valence-corrected chi connectivity index (χ1v) is 12.0. The van der Waals surface area contributed by atoms with Crippen molar-refractivity contribution >= 4 is 21.6 Å². The third-order valence-corrected chi connectivity index (χ3v) is 5.92. The Morgan fingerprint density at radius 2 is 1.70 bits per heavy atom. The van der Waals surface area contributed by atoms with E-state index >= 15 is 0 Å². The molecule has 1 atom stereocenters. The molecule has 0 fully saturated rings. The molecular weight excluding hydrogens is 400 g/mol. The van der Waals surface area contributed by atoms with Crippen LogP contribution in [0.3, 0.4) is 0 Å². The summed E-state index contributed by atoms with van der Waals surface area (Å²) in [6, 6.07) is 12.5. The molecule has 0 radical (unpaired) electrons. The van der Waals surface area contributed by atoms with Crippen molar-refractivity contribution in [3.8, 4) is 5.75 Å². The zero-order valence-electron chi connectivity index (χ0n) is 18.4. The van der Waals surface area contributed by atoms with Gasteiger partial charge in [-0.2, -0.15) is 0 Å². The van der Waals surface area contributed by atoms with E-state index in [0.717, 1.165) is 40.3 Å². The van der Waals surface area contributed by atoms with E-state index in [0.29, 0.717) is 12.3 Å².